The number of allylic oxidation sites excluding steroid dienone is 8. The first-order valence-corrected chi connectivity index (χ1v) is 12.4. The normalized spacial score (nSPS) is 18.3. The molecule has 160 valence electrons. The second-order valence-corrected chi connectivity index (χ2v) is 10.1. The van der Waals surface area contributed by atoms with Crippen molar-refractivity contribution in [1.29, 1.82) is 0 Å². The van der Waals surface area contributed by atoms with Crippen LogP contribution in [-0.4, -0.2) is 0 Å². The molecule has 0 heterocycles. The molecule has 4 aliphatic rings. The minimum absolute atomic E-state index is 0.356. The van der Waals surface area contributed by atoms with Crippen molar-refractivity contribution >= 4 is 44.0 Å². The van der Waals surface area contributed by atoms with Crippen LogP contribution in [0.4, 0.5) is 0 Å². The predicted octanol–water partition coefficient (Wildman–Crippen LogP) is 7.35. The molecule has 0 saturated heterocycles. The molecule has 9 rings (SSSR count). The van der Waals surface area contributed by atoms with Crippen molar-refractivity contribution in [2.45, 2.75) is 0 Å². The first kappa shape index (κ1) is 18.0. The molecule has 0 fully saturated rings. The Hall–Kier alpha value is -4.42. The summed E-state index contributed by atoms with van der Waals surface area (Å²) in [6.45, 7) is 0. The van der Waals surface area contributed by atoms with Gasteiger partial charge in [0.15, 0.2) is 0 Å². The molecule has 0 aromatic heterocycles. The third-order valence-corrected chi connectivity index (χ3v) is 8.37. The Morgan fingerprint density at radius 3 is 2.26 bits per heavy atom. The molecule has 4 aliphatic carbocycles. The average Bonchev–Trinajstić information content (AvgIpc) is 3.22. The lowest BCUT2D eigenvalue weighted by Gasteiger charge is -2.29. The van der Waals surface area contributed by atoms with Crippen LogP contribution in [0.15, 0.2) is 120 Å². The maximum absolute atomic E-state index is 2.49. The molecule has 0 heteroatoms. The van der Waals surface area contributed by atoms with Gasteiger partial charge >= 0.3 is 0 Å². The fourth-order valence-corrected chi connectivity index (χ4v) is 6.92. The molecule has 0 nitrogen and oxygen atoms in total. The molecule has 1 atom stereocenters. The highest BCUT2D eigenvalue weighted by Crippen LogP contribution is 2.51. The number of fused-ring (bicyclic) bond motifs is 8. The van der Waals surface area contributed by atoms with Crippen LogP contribution < -0.4 is 10.4 Å². The van der Waals surface area contributed by atoms with Crippen LogP contribution in [0.5, 0.6) is 0 Å². The SMILES string of the molecule is C1=CC2=CC=CC3=c4cc5c(cc4=CC(=C1)C23)-c1cc2ccccc2c2cc3ccccc3c-5c12. The molecule has 5 aromatic rings. The molecule has 35 heavy (non-hydrogen) atoms. The Balaban J connectivity index is 1.51. The van der Waals surface area contributed by atoms with Gasteiger partial charge in [-0.05, 0) is 106 Å². The van der Waals surface area contributed by atoms with Crippen LogP contribution in [0.1, 0.15) is 0 Å². The number of hydrogen-bond acceptors (Lipinski definition) is 0. The van der Waals surface area contributed by atoms with Gasteiger partial charge in [-0.25, -0.2) is 0 Å². The summed E-state index contributed by atoms with van der Waals surface area (Å²) in [6, 6.07) is 27.5. The van der Waals surface area contributed by atoms with Gasteiger partial charge in [0, 0.05) is 5.92 Å². The van der Waals surface area contributed by atoms with Gasteiger partial charge in [-0.2, -0.15) is 0 Å². The molecule has 0 amide bonds. The van der Waals surface area contributed by atoms with E-state index >= 15 is 0 Å². The van der Waals surface area contributed by atoms with E-state index in [4.69, 9.17) is 0 Å². The number of hydrogen-bond donors (Lipinski definition) is 0. The summed E-state index contributed by atoms with van der Waals surface area (Å²) in [5.41, 5.74) is 9.73. The van der Waals surface area contributed by atoms with Crippen molar-refractivity contribution in [3.63, 3.8) is 0 Å². The monoisotopic (exact) mass is 440 g/mol. The molecule has 0 bridgehead atoms. The van der Waals surface area contributed by atoms with Crippen molar-refractivity contribution in [3.05, 3.63) is 131 Å². The van der Waals surface area contributed by atoms with Gasteiger partial charge in [0.2, 0.25) is 0 Å². The van der Waals surface area contributed by atoms with E-state index in [1.807, 2.05) is 0 Å². The molecule has 0 N–H and O–H groups in total. The predicted molar refractivity (Wildman–Crippen MR) is 148 cm³/mol. The van der Waals surface area contributed by atoms with Crippen molar-refractivity contribution in [1.82, 2.24) is 0 Å². The van der Waals surface area contributed by atoms with Crippen LogP contribution in [-0.2, 0) is 0 Å². The van der Waals surface area contributed by atoms with E-state index in [0.29, 0.717) is 5.92 Å². The fraction of sp³-hybridized carbons (Fsp3) is 0.0286. The molecule has 1 unspecified atom stereocenters. The van der Waals surface area contributed by atoms with Gasteiger partial charge in [-0.1, -0.05) is 91.1 Å². The van der Waals surface area contributed by atoms with Crippen LogP contribution in [0.25, 0.3) is 66.2 Å². The fourth-order valence-electron chi connectivity index (χ4n) is 6.92. The Bertz CT molecular complexity index is 2090. The maximum atomic E-state index is 2.49. The van der Waals surface area contributed by atoms with Crippen LogP contribution in [0.2, 0.25) is 0 Å². The summed E-state index contributed by atoms with van der Waals surface area (Å²) in [5.74, 6) is 0.356. The van der Waals surface area contributed by atoms with Crippen molar-refractivity contribution in [2.75, 3.05) is 0 Å². The molecule has 0 radical (unpaired) electrons. The van der Waals surface area contributed by atoms with E-state index in [2.05, 4.69) is 115 Å². The van der Waals surface area contributed by atoms with E-state index in [9.17, 15) is 0 Å². The summed E-state index contributed by atoms with van der Waals surface area (Å²) in [4.78, 5) is 0. The smallest absolute Gasteiger partial charge is 0.0346 e. The van der Waals surface area contributed by atoms with Crippen LogP contribution in [0.3, 0.4) is 0 Å². The third-order valence-electron chi connectivity index (χ3n) is 8.37. The van der Waals surface area contributed by atoms with Crippen LogP contribution >= 0.6 is 0 Å². The minimum atomic E-state index is 0.356. The minimum Gasteiger partial charge on any atom is -0.0617 e. The average molecular weight is 441 g/mol. The second kappa shape index (κ2) is 6.17. The van der Waals surface area contributed by atoms with Crippen molar-refractivity contribution in [2.24, 2.45) is 5.92 Å². The largest absolute Gasteiger partial charge is 0.0617 e. The number of benzene rings is 5. The lowest BCUT2D eigenvalue weighted by molar-refractivity contribution is 0.957. The summed E-state index contributed by atoms with van der Waals surface area (Å²) in [6.07, 6.45) is 16.0. The highest BCUT2D eigenvalue weighted by molar-refractivity contribution is 6.29. The highest BCUT2D eigenvalue weighted by atomic mass is 14.3. The molecule has 0 saturated carbocycles. The van der Waals surface area contributed by atoms with Gasteiger partial charge in [-0.15, -0.1) is 0 Å². The lowest BCUT2D eigenvalue weighted by atomic mass is 9.74. The first-order valence-electron chi connectivity index (χ1n) is 12.4. The van der Waals surface area contributed by atoms with Crippen LogP contribution in [0, 0.1) is 5.92 Å². The topological polar surface area (TPSA) is 0 Å². The summed E-state index contributed by atoms with van der Waals surface area (Å²) in [5, 5.41) is 10.8. The zero-order valence-corrected chi connectivity index (χ0v) is 19.0. The van der Waals surface area contributed by atoms with Crippen molar-refractivity contribution < 1.29 is 0 Å². The highest BCUT2D eigenvalue weighted by Gasteiger charge is 2.29. The zero-order valence-electron chi connectivity index (χ0n) is 19.0. The Labute approximate surface area is 202 Å². The second-order valence-electron chi connectivity index (χ2n) is 10.1. The molecular formula is C35H20. The molecular weight excluding hydrogens is 420 g/mol. The van der Waals surface area contributed by atoms with Gasteiger partial charge in [0.05, 0.1) is 0 Å². The Morgan fingerprint density at radius 1 is 0.571 bits per heavy atom. The number of rotatable bonds is 0. The van der Waals surface area contributed by atoms with E-state index in [-0.39, 0.29) is 0 Å². The Kier molecular flexibility index (Phi) is 3.17. The van der Waals surface area contributed by atoms with Gasteiger partial charge < -0.3 is 0 Å². The summed E-state index contributed by atoms with van der Waals surface area (Å²) < 4.78 is 0. The molecule has 0 spiro atoms. The first-order chi connectivity index (χ1) is 17.3. The summed E-state index contributed by atoms with van der Waals surface area (Å²) >= 11 is 0. The quantitative estimate of drug-likeness (QED) is 0.171. The van der Waals surface area contributed by atoms with Gasteiger partial charge in [0.25, 0.3) is 0 Å². The summed E-state index contributed by atoms with van der Waals surface area (Å²) in [7, 11) is 0. The van der Waals surface area contributed by atoms with E-state index in [1.165, 1.54) is 81.7 Å². The standard InChI is InChI=1S/C35H20/c1-3-12-25-21(7-1)16-31-29-18-24-15-23-11-5-9-20-10-6-14-27(33(20)23)28(24)19-32(29)34-26-13-4-2-8-22(26)17-30(25)35(31)34/h1-19,33H. The lowest BCUT2D eigenvalue weighted by Crippen LogP contribution is -2.35. The molecule has 5 aromatic carbocycles. The van der Waals surface area contributed by atoms with E-state index in [1.54, 1.807) is 0 Å². The molecule has 0 aliphatic heterocycles. The van der Waals surface area contributed by atoms with E-state index < -0.39 is 0 Å². The maximum Gasteiger partial charge on any atom is 0.0346 e. The van der Waals surface area contributed by atoms with Gasteiger partial charge in [0.1, 0.15) is 0 Å². The Morgan fingerprint density at radius 2 is 1.34 bits per heavy atom. The zero-order chi connectivity index (χ0) is 22.7. The van der Waals surface area contributed by atoms with Gasteiger partial charge in [-0.3, -0.25) is 0 Å². The third kappa shape index (κ3) is 2.18. The van der Waals surface area contributed by atoms with Crippen molar-refractivity contribution in [3.8, 4) is 22.3 Å². The van der Waals surface area contributed by atoms with E-state index in [0.717, 1.165) is 0 Å².